The molecule has 1 aromatic carbocycles. The summed E-state index contributed by atoms with van der Waals surface area (Å²) in [7, 11) is -2.33. The zero-order chi connectivity index (χ0) is 17.9. The molecular weight excluding hydrogens is 384 g/mol. The van der Waals surface area contributed by atoms with Gasteiger partial charge in [-0.1, -0.05) is 29.1 Å². The highest BCUT2D eigenvalue weighted by Crippen LogP contribution is 2.36. The number of benzene rings is 1. The van der Waals surface area contributed by atoms with E-state index in [1.54, 1.807) is 0 Å². The first-order chi connectivity index (χ1) is 11.2. The standard InChI is InChI=1S/C15H13Cl2F3N2OS/c1-2-5-21-14(9-3-4-9)22-12-7-13(11(17)6-10(12)16)24(23)8-15(18,19)20/h1,6-7,9H,3-5,8H2,(H,21,22). The van der Waals surface area contributed by atoms with Gasteiger partial charge in [-0.25, -0.2) is 0 Å². The Labute approximate surface area is 150 Å². The molecule has 24 heavy (non-hydrogen) atoms. The number of alkyl halides is 3. The Morgan fingerprint density at radius 1 is 1.38 bits per heavy atom. The second-order valence-electron chi connectivity index (χ2n) is 5.17. The van der Waals surface area contributed by atoms with Crippen molar-refractivity contribution in [1.29, 1.82) is 0 Å². The van der Waals surface area contributed by atoms with Gasteiger partial charge in [0.15, 0.2) is 0 Å². The summed E-state index contributed by atoms with van der Waals surface area (Å²) in [4.78, 5) is 4.09. The highest BCUT2D eigenvalue weighted by molar-refractivity contribution is 7.85. The first-order valence-corrected chi connectivity index (χ1v) is 8.97. The van der Waals surface area contributed by atoms with E-state index in [2.05, 4.69) is 16.2 Å². The maximum absolute atomic E-state index is 12.5. The molecule has 0 amide bonds. The Kier molecular flexibility index (Phi) is 6.18. The topological polar surface area (TPSA) is 41.5 Å². The quantitative estimate of drug-likeness (QED) is 0.451. The Hall–Kier alpha value is -1.23. The van der Waals surface area contributed by atoms with E-state index >= 15 is 0 Å². The largest absolute Gasteiger partial charge is 0.400 e. The highest BCUT2D eigenvalue weighted by Gasteiger charge is 2.32. The van der Waals surface area contributed by atoms with Crippen LogP contribution in [-0.2, 0) is 10.8 Å². The van der Waals surface area contributed by atoms with Crippen molar-refractivity contribution in [3.63, 3.8) is 0 Å². The average Bonchev–Trinajstić information content (AvgIpc) is 3.28. The Morgan fingerprint density at radius 2 is 2.04 bits per heavy atom. The van der Waals surface area contributed by atoms with Gasteiger partial charge in [0.25, 0.3) is 0 Å². The third kappa shape index (κ3) is 5.40. The molecule has 9 heteroatoms. The van der Waals surface area contributed by atoms with Gasteiger partial charge in [-0.3, -0.25) is 9.20 Å². The van der Waals surface area contributed by atoms with E-state index in [1.807, 2.05) is 0 Å². The van der Waals surface area contributed by atoms with E-state index in [0.717, 1.165) is 12.8 Å². The van der Waals surface area contributed by atoms with Crippen molar-refractivity contribution in [2.75, 3.05) is 17.6 Å². The molecule has 1 atom stereocenters. The van der Waals surface area contributed by atoms with Crippen LogP contribution in [0.25, 0.3) is 0 Å². The highest BCUT2D eigenvalue weighted by atomic mass is 35.5. The van der Waals surface area contributed by atoms with Crippen LogP contribution in [0.2, 0.25) is 10.0 Å². The van der Waals surface area contributed by atoms with Gasteiger partial charge in [-0.15, -0.1) is 6.42 Å². The van der Waals surface area contributed by atoms with Gasteiger partial charge in [-0.2, -0.15) is 13.2 Å². The second-order valence-corrected chi connectivity index (χ2v) is 7.41. The Balaban J connectivity index is 2.29. The minimum absolute atomic E-state index is 0.0818. The fraction of sp³-hybridized carbons (Fsp3) is 0.400. The van der Waals surface area contributed by atoms with Crippen molar-refractivity contribution in [2.45, 2.75) is 23.9 Å². The lowest BCUT2D eigenvalue weighted by Gasteiger charge is -2.14. The van der Waals surface area contributed by atoms with Crippen LogP contribution in [0.1, 0.15) is 12.8 Å². The van der Waals surface area contributed by atoms with E-state index in [9.17, 15) is 17.4 Å². The fourth-order valence-electron chi connectivity index (χ4n) is 1.92. The SMILES string of the molecule is C#CCN=C(Nc1cc(S(=O)CC(F)(F)F)c(Cl)cc1Cl)C1CC1. The van der Waals surface area contributed by atoms with Crippen LogP contribution in [0.3, 0.4) is 0 Å². The molecular formula is C15H13Cl2F3N2OS. The number of rotatable bonds is 5. The molecule has 1 aliphatic rings. The smallest absolute Gasteiger partial charge is 0.343 e. The average molecular weight is 397 g/mol. The summed E-state index contributed by atoms with van der Waals surface area (Å²) >= 11 is 12.0. The van der Waals surface area contributed by atoms with Crippen LogP contribution >= 0.6 is 23.2 Å². The van der Waals surface area contributed by atoms with Gasteiger partial charge in [-0.05, 0) is 25.0 Å². The Bertz CT molecular complexity index is 725. The molecule has 3 nitrogen and oxygen atoms in total. The number of hydrogen-bond donors (Lipinski definition) is 1. The first kappa shape index (κ1) is 19.1. The van der Waals surface area contributed by atoms with E-state index < -0.39 is 22.7 Å². The minimum Gasteiger partial charge on any atom is -0.343 e. The molecule has 0 spiro atoms. The molecule has 0 bridgehead atoms. The van der Waals surface area contributed by atoms with E-state index in [-0.39, 0.29) is 27.4 Å². The lowest BCUT2D eigenvalue weighted by molar-refractivity contribution is -0.105. The van der Waals surface area contributed by atoms with Gasteiger partial charge >= 0.3 is 6.18 Å². The third-order valence-corrected chi connectivity index (χ3v) is 5.28. The summed E-state index contributed by atoms with van der Waals surface area (Å²) < 4.78 is 49.3. The van der Waals surface area contributed by atoms with E-state index in [0.29, 0.717) is 11.5 Å². The van der Waals surface area contributed by atoms with Gasteiger partial charge in [0.05, 0.1) is 31.4 Å². The summed E-state index contributed by atoms with van der Waals surface area (Å²) in [5.41, 5.74) is 0.300. The zero-order valence-electron chi connectivity index (χ0n) is 12.3. The van der Waals surface area contributed by atoms with Crippen LogP contribution in [-0.4, -0.2) is 28.5 Å². The molecule has 0 radical (unpaired) electrons. The molecule has 1 aromatic rings. The van der Waals surface area contributed by atoms with Crippen LogP contribution in [0.15, 0.2) is 22.0 Å². The molecule has 0 heterocycles. The van der Waals surface area contributed by atoms with Crippen LogP contribution in [0.5, 0.6) is 0 Å². The number of amidine groups is 1. The summed E-state index contributed by atoms with van der Waals surface area (Å²) in [5, 5.41) is 3.09. The lowest BCUT2D eigenvalue weighted by Crippen LogP contribution is -2.19. The van der Waals surface area contributed by atoms with Crippen molar-refractivity contribution in [3.05, 3.63) is 22.2 Å². The summed E-state index contributed by atoms with van der Waals surface area (Å²) in [6, 6.07) is 2.53. The van der Waals surface area contributed by atoms with Gasteiger partial charge in [0.2, 0.25) is 0 Å². The van der Waals surface area contributed by atoms with Crippen LogP contribution in [0.4, 0.5) is 18.9 Å². The normalized spacial score (nSPS) is 16.6. The fourth-order valence-corrected chi connectivity index (χ4v) is 3.59. The predicted octanol–water partition coefficient (Wildman–Crippen LogP) is 4.52. The predicted molar refractivity (Wildman–Crippen MR) is 91.3 cm³/mol. The van der Waals surface area contributed by atoms with Crippen LogP contribution < -0.4 is 5.32 Å². The van der Waals surface area contributed by atoms with E-state index in [1.165, 1.54) is 12.1 Å². The number of hydrogen-bond acceptors (Lipinski definition) is 2. The molecule has 0 saturated heterocycles. The molecule has 1 fully saturated rings. The summed E-state index contributed by atoms with van der Waals surface area (Å²) in [6.07, 6.45) is 2.51. The first-order valence-electron chi connectivity index (χ1n) is 6.90. The van der Waals surface area contributed by atoms with Crippen molar-refractivity contribution in [3.8, 4) is 12.3 Å². The summed E-state index contributed by atoms with van der Waals surface area (Å²) in [5.74, 6) is 1.75. The molecule has 0 aliphatic heterocycles. The van der Waals surface area contributed by atoms with Crippen molar-refractivity contribution in [2.24, 2.45) is 10.9 Å². The summed E-state index contributed by atoms with van der Waals surface area (Å²) in [6.45, 7) is 0.177. The van der Waals surface area contributed by atoms with Crippen molar-refractivity contribution >= 4 is 45.5 Å². The maximum atomic E-state index is 12.5. The van der Waals surface area contributed by atoms with E-state index in [4.69, 9.17) is 29.6 Å². The number of halogens is 5. The zero-order valence-corrected chi connectivity index (χ0v) is 14.6. The molecule has 1 unspecified atom stereocenters. The molecule has 0 aromatic heterocycles. The molecule has 2 rings (SSSR count). The Morgan fingerprint density at radius 3 is 2.58 bits per heavy atom. The number of terminal acetylenes is 1. The molecule has 1 aliphatic carbocycles. The monoisotopic (exact) mass is 396 g/mol. The molecule has 1 saturated carbocycles. The van der Waals surface area contributed by atoms with Crippen molar-refractivity contribution in [1.82, 2.24) is 0 Å². The third-order valence-electron chi connectivity index (χ3n) is 3.13. The van der Waals surface area contributed by atoms with Crippen LogP contribution in [0, 0.1) is 18.3 Å². The molecule has 1 N–H and O–H groups in total. The number of nitrogens with zero attached hydrogens (tertiary/aromatic N) is 1. The second kappa shape index (κ2) is 7.77. The number of anilines is 1. The maximum Gasteiger partial charge on any atom is 0.400 e. The molecule has 130 valence electrons. The minimum atomic E-state index is -4.56. The van der Waals surface area contributed by atoms with Crippen molar-refractivity contribution < 1.29 is 17.4 Å². The number of aliphatic imine (C=N–C) groups is 1. The van der Waals surface area contributed by atoms with Gasteiger partial charge < -0.3 is 5.32 Å². The van der Waals surface area contributed by atoms with Gasteiger partial charge in [0.1, 0.15) is 18.1 Å². The number of nitrogens with one attached hydrogen (secondary N) is 1. The lowest BCUT2D eigenvalue weighted by atomic mass is 10.3. The van der Waals surface area contributed by atoms with Gasteiger partial charge in [0, 0.05) is 5.92 Å².